The Hall–Kier alpha value is -1.82. The molecule has 0 radical (unpaired) electrons. The van der Waals surface area contributed by atoms with Gasteiger partial charge in [-0.1, -0.05) is 38.1 Å². The zero-order chi connectivity index (χ0) is 18.7. The van der Waals surface area contributed by atoms with Crippen molar-refractivity contribution in [1.29, 1.82) is 0 Å². The summed E-state index contributed by atoms with van der Waals surface area (Å²) in [5.41, 5.74) is 1.28. The largest absolute Gasteiger partial charge is 0.481 e. The van der Waals surface area contributed by atoms with Crippen LogP contribution in [0.5, 0.6) is 0 Å². The van der Waals surface area contributed by atoms with Crippen LogP contribution in [0.3, 0.4) is 0 Å². The molecule has 5 nitrogen and oxygen atoms in total. The fourth-order valence-electron chi connectivity index (χ4n) is 2.74. The van der Waals surface area contributed by atoms with Crippen LogP contribution in [0.15, 0.2) is 29.8 Å². The first-order valence-corrected chi connectivity index (χ1v) is 9.91. The molecule has 0 aromatic heterocycles. The van der Waals surface area contributed by atoms with Crippen molar-refractivity contribution in [3.63, 3.8) is 0 Å². The van der Waals surface area contributed by atoms with E-state index < -0.39 is 27.4 Å². The Kier molecular flexibility index (Phi) is 6.22. The van der Waals surface area contributed by atoms with E-state index in [-0.39, 0.29) is 0 Å². The highest BCUT2D eigenvalue weighted by Crippen LogP contribution is 2.38. The molecule has 134 valence electrons. The van der Waals surface area contributed by atoms with Crippen LogP contribution < -0.4 is 4.31 Å². The van der Waals surface area contributed by atoms with Crippen molar-refractivity contribution in [2.75, 3.05) is 10.6 Å². The molecule has 0 saturated carbocycles. The lowest BCUT2D eigenvalue weighted by Gasteiger charge is -2.37. The van der Waals surface area contributed by atoms with Gasteiger partial charge in [-0.05, 0) is 44.4 Å². The molecule has 0 amide bonds. The monoisotopic (exact) mass is 353 g/mol. The van der Waals surface area contributed by atoms with Gasteiger partial charge in [0.15, 0.2) is 0 Å². The van der Waals surface area contributed by atoms with Crippen molar-refractivity contribution in [2.45, 2.75) is 47.1 Å². The third-order valence-electron chi connectivity index (χ3n) is 3.99. The average Bonchev–Trinajstić information content (AvgIpc) is 2.48. The molecule has 6 heteroatoms. The number of para-hydroxylation sites is 1. The van der Waals surface area contributed by atoms with E-state index in [9.17, 15) is 18.3 Å². The van der Waals surface area contributed by atoms with E-state index in [1.54, 1.807) is 32.9 Å². The van der Waals surface area contributed by atoms with E-state index in [0.717, 1.165) is 11.1 Å². The van der Waals surface area contributed by atoms with Crippen LogP contribution in [-0.2, 0) is 14.8 Å². The van der Waals surface area contributed by atoms with Crippen molar-refractivity contribution in [3.05, 3.63) is 35.4 Å². The van der Waals surface area contributed by atoms with Gasteiger partial charge in [-0.25, -0.2) is 8.42 Å². The maximum absolute atomic E-state index is 12.2. The second-order valence-corrected chi connectivity index (χ2v) is 8.24. The number of nitrogens with zero attached hydrogens (tertiary/aromatic N) is 1. The Morgan fingerprint density at radius 2 is 1.79 bits per heavy atom. The van der Waals surface area contributed by atoms with Crippen LogP contribution >= 0.6 is 0 Å². The normalized spacial score (nSPS) is 17.3. The van der Waals surface area contributed by atoms with Gasteiger partial charge in [-0.2, -0.15) is 0 Å². The maximum Gasteiger partial charge on any atom is 0.309 e. The lowest BCUT2D eigenvalue weighted by molar-refractivity contribution is -0.146. The van der Waals surface area contributed by atoms with E-state index in [1.807, 2.05) is 32.1 Å². The minimum absolute atomic E-state index is 0.295. The molecule has 0 bridgehead atoms. The quantitative estimate of drug-likeness (QED) is 0.894. The van der Waals surface area contributed by atoms with Crippen LogP contribution in [0, 0.1) is 5.41 Å². The van der Waals surface area contributed by atoms with Crippen molar-refractivity contribution in [3.8, 4) is 0 Å². The molecule has 0 saturated heterocycles. The summed E-state index contributed by atoms with van der Waals surface area (Å²) in [5.74, 6) is -0.898. The predicted molar refractivity (Wildman–Crippen MR) is 98.6 cm³/mol. The summed E-state index contributed by atoms with van der Waals surface area (Å²) in [7, 11) is -3.45. The number of fused-ring (bicyclic) bond motifs is 1. The minimum Gasteiger partial charge on any atom is -0.481 e. The SMILES string of the molecule is CC.C[C@@H]1C(CC(C)(C)C(=O)O)=Cc2ccccc2N1S(C)(=O)=O. The first-order valence-electron chi connectivity index (χ1n) is 8.06. The number of benzene rings is 1. The first-order chi connectivity index (χ1) is 11.0. The van der Waals surface area contributed by atoms with E-state index in [1.165, 1.54) is 10.6 Å². The summed E-state index contributed by atoms with van der Waals surface area (Å²) in [4.78, 5) is 11.4. The molecule has 24 heavy (non-hydrogen) atoms. The number of carboxylic acids is 1. The molecule has 1 aliphatic rings. The molecule has 0 aliphatic carbocycles. The number of aliphatic carboxylic acids is 1. The Labute approximate surface area is 145 Å². The number of hydrogen-bond donors (Lipinski definition) is 1. The minimum atomic E-state index is -3.45. The fraction of sp³-hybridized carbons (Fsp3) is 0.500. The van der Waals surface area contributed by atoms with Crippen LogP contribution in [0.2, 0.25) is 0 Å². The number of carbonyl (C=O) groups is 1. The second kappa shape index (κ2) is 7.38. The van der Waals surface area contributed by atoms with Crippen molar-refractivity contribution in [2.24, 2.45) is 5.41 Å². The summed E-state index contributed by atoms with van der Waals surface area (Å²) >= 11 is 0. The van der Waals surface area contributed by atoms with Gasteiger partial charge in [0.25, 0.3) is 0 Å². The number of sulfonamides is 1. The lowest BCUT2D eigenvalue weighted by Crippen LogP contribution is -2.42. The van der Waals surface area contributed by atoms with E-state index >= 15 is 0 Å². The summed E-state index contributed by atoms with van der Waals surface area (Å²) in [6.07, 6.45) is 3.38. The standard InChI is InChI=1S/C16H21NO4S.C2H6/c1-11-13(10-16(2,3)15(18)19)9-12-7-5-6-8-14(12)17(11)22(4,20)21;1-2/h5-9,11H,10H2,1-4H3,(H,18,19);1-2H3/t11-;/m1./s1. The maximum atomic E-state index is 12.2. The molecule has 1 aromatic rings. The summed E-state index contributed by atoms with van der Waals surface area (Å²) < 4.78 is 25.7. The Morgan fingerprint density at radius 1 is 1.25 bits per heavy atom. The average molecular weight is 353 g/mol. The highest BCUT2D eigenvalue weighted by atomic mass is 32.2. The molecular weight excluding hydrogens is 326 g/mol. The van der Waals surface area contributed by atoms with E-state index in [2.05, 4.69) is 0 Å². The number of carboxylic acid groups (broad SMARTS) is 1. The third kappa shape index (κ3) is 4.17. The molecule has 1 aliphatic heterocycles. The van der Waals surface area contributed by atoms with Crippen molar-refractivity contribution >= 4 is 27.8 Å². The molecule has 0 fully saturated rings. The Morgan fingerprint density at radius 3 is 2.29 bits per heavy atom. The number of hydrogen-bond acceptors (Lipinski definition) is 3. The van der Waals surface area contributed by atoms with Gasteiger partial charge in [0.05, 0.1) is 23.4 Å². The first kappa shape index (κ1) is 20.2. The van der Waals surface area contributed by atoms with Crippen LogP contribution in [0.1, 0.15) is 46.6 Å². The van der Waals surface area contributed by atoms with Gasteiger partial charge >= 0.3 is 5.97 Å². The summed E-state index contributed by atoms with van der Waals surface area (Å²) in [6.45, 7) is 9.09. The van der Waals surface area contributed by atoms with Gasteiger partial charge < -0.3 is 5.11 Å². The third-order valence-corrected chi connectivity index (χ3v) is 5.21. The van der Waals surface area contributed by atoms with Crippen molar-refractivity contribution in [1.82, 2.24) is 0 Å². The summed E-state index contributed by atoms with van der Waals surface area (Å²) in [6, 6.07) is 6.84. The van der Waals surface area contributed by atoms with Gasteiger partial charge in [0, 0.05) is 0 Å². The topological polar surface area (TPSA) is 74.7 Å². The Bertz CT molecular complexity index is 735. The van der Waals surface area contributed by atoms with Crippen LogP contribution in [0.4, 0.5) is 5.69 Å². The molecule has 1 N–H and O–H groups in total. The zero-order valence-corrected chi connectivity index (χ0v) is 16.0. The molecular formula is C18H27NO4S. The van der Waals surface area contributed by atoms with Crippen molar-refractivity contribution < 1.29 is 18.3 Å². The second-order valence-electron chi connectivity index (χ2n) is 6.38. The zero-order valence-electron chi connectivity index (χ0n) is 15.2. The van der Waals surface area contributed by atoms with Gasteiger partial charge in [0.1, 0.15) is 0 Å². The smallest absolute Gasteiger partial charge is 0.309 e. The highest BCUT2D eigenvalue weighted by molar-refractivity contribution is 7.92. The molecule has 1 atom stereocenters. The molecule has 0 unspecified atom stereocenters. The van der Waals surface area contributed by atoms with E-state index in [4.69, 9.17) is 0 Å². The fourth-order valence-corrected chi connectivity index (χ4v) is 3.97. The molecule has 0 spiro atoms. The van der Waals surface area contributed by atoms with Crippen LogP contribution in [0.25, 0.3) is 6.08 Å². The molecule has 2 rings (SSSR count). The number of anilines is 1. The van der Waals surface area contributed by atoms with Gasteiger partial charge in [0.2, 0.25) is 10.0 Å². The lowest BCUT2D eigenvalue weighted by atomic mass is 9.82. The number of rotatable bonds is 4. The predicted octanol–water partition coefficient (Wildman–Crippen LogP) is 3.77. The highest BCUT2D eigenvalue weighted by Gasteiger charge is 2.36. The molecule has 1 heterocycles. The van der Waals surface area contributed by atoms with Crippen LogP contribution in [-0.4, -0.2) is 31.8 Å². The van der Waals surface area contributed by atoms with Gasteiger partial charge in [-0.15, -0.1) is 0 Å². The molecule has 1 aromatic carbocycles. The van der Waals surface area contributed by atoms with Gasteiger partial charge in [-0.3, -0.25) is 9.10 Å². The van der Waals surface area contributed by atoms with E-state index in [0.29, 0.717) is 12.1 Å². The summed E-state index contributed by atoms with van der Waals surface area (Å²) in [5, 5.41) is 9.32. The Balaban J connectivity index is 0.00000139.